The fourth-order valence-corrected chi connectivity index (χ4v) is 5.02. The Hall–Kier alpha value is -2.00. The van der Waals surface area contributed by atoms with Crippen molar-refractivity contribution < 1.29 is 8.42 Å². The number of hydrogen-bond donors (Lipinski definition) is 1. The second-order valence-electron chi connectivity index (χ2n) is 6.81. The highest BCUT2D eigenvalue weighted by Gasteiger charge is 2.41. The minimum Gasteiger partial charge on any atom is -0.350 e. The molecule has 1 N–H and O–H groups in total. The van der Waals surface area contributed by atoms with Crippen LogP contribution in [-0.4, -0.2) is 57.3 Å². The van der Waals surface area contributed by atoms with Crippen molar-refractivity contribution in [3.05, 3.63) is 29.8 Å². The molecule has 8 nitrogen and oxygen atoms in total. The molecule has 1 saturated carbocycles. The van der Waals surface area contributed by atoms with Crippen LogP contribution < -0.4 is 5.32 Å². The van der Waals surface area contributed by atoms with E-state index in [9.17, 15) is 8.42 Å². The van der Waals surface area contributed by atoms with Gasteiger partial charge in [0, 0.05) is 19.1 Å². The lowest BCUT2D eigenvalue weighted by Crippen LogP contribution is -2.43. The number of nitrogens with one attached hydrogen (secondary N) is 1. The Bertz CT molecular complexity index is 836. The molecule has 1 saturated heterocycles. The Morgan fingerprint density at radius 2 is 1.76 bits per heavy atom. The van der Waals surface area contributed by atoms with Gasteiger partial charge in [0.1, 0.15) is 0 Å². The molecule has 0 amide bonds. The van der Waals surface area contributed by atoms with E-state index in [0.29, 0.717) is 19.0 Å². The summed E-state index contributed by atoms with van der Waals surface area (Å²) in [5.41, 5.74) is 2.07. The largest absolute Gasteiger partial charge is 0.350 e. The van der Waals surface area contributed by atoms with Crippen LogP contribution in [-0.2, 0) is 10.0 Å². The van der Waals surface area contributed by atoms with Gasteiger partial charge in [0.05, 0.1) is 10.9 Å². The maximum absolute atomic E-state index is 12.3. The Morgan fingerprint density at radius 1 is 1.08 bits per heavy atom. The lowest BCUT2D eigenvalue weighted by molar-refractivity contribution is 0.328. The minimum atomic E-state index is -3.07. The van der Waals surface area contributed by atoms with Crippen LogP contribution in [0.2, 0.25) is 0 Å². The molecule has 134 valence electrons. The van der Waals surface area contributed by atoms with Gasteiger partial charge in [-0.15, -0.1) is 0 Å². The van der Waals surface area contributed by atoms with Crippen molar-refractivity contribution in [3.63, 3.8) is 0 Å². The SMILES string of the molecule is Cc1ccc(-n2nnnc2NC2CCN(S(=O)(=O)C3CC3)CC2)cc1. The quantitative estimate of drug-likeness (QED) is 0.863. The highest BCUT2D eigenvalue weighted by atomic mass is 32.2. The van der Waals surface area contributed by atoms with Crippen LogP contribution in [0.1, 0.15) is 31.2 Å². The number of aromatic nitrogens is 4. The van der Waals surface area contributed by atoms with E-state index < -0.39 is 10.0 Å². The van der Waals surface area contributed by atoms with E-state index in [2.05, 4.69) is 20.8 Å². The van der Waals surface area contributed by atoms with Crippen molar-refractivity contribution in [1.82, 2.24) is 24.5 Å². The Labute approximate surface area is 147 Å². The van der Waals surface area contributed by atoms with E-state index in [-0.39, 0.29) is 11.3 Å². The van der Waals surface area contributed by atoms with E-state index in [1.165, 1.54) is 5.56 Å². The molecule has 1 aliphatic carbocycles. The summed E-state index contributed by atoms with van der Waals surface area (Å²) in [5.74, 6) is 0.590. The third-order valence-corrected chi connectivity index (χ3v) is 7.24. The van der Waals surface area contributed by atoms with Crippen LogP contribution in [0, 0.1) is 6.92 Å². The van der Waals surface area contributed by atoms with Gasteiger partial charge in [-0.05, 0) is 55.2 Å². The molecule has 2 fully saturated rings. The second-order valence-corrected chi connectivity index (χ2v) is 9.02. The molecule has 2 aromatic rings. The third kappa shape index (κ3) is 3.38. The molecule has 0 spiro atoms. The first-order valence-corrected chi connectivity index (χ1v) is 10.2. The molecule has 0 atom stereocenters. The van der Waals surface area contributed by atoms with Crippen LogP contribution in [0.3, 0.4) is 0 Å². The Balaban J connectivity index is 1.41. The summed E-state index contributed by atoms with van der Waals surface area (Å²) in [6.07, 6.45) is 3.14. The first-order chi connectivity index (χ1) is 12.0. The van der Waals surface area contributed by atoms with Gasteiger partial charge in [0.2, 0.25) is 16.0 Å². The molecule has 1 aliphatic heterocycles. The number of benzene rings is 1. The lowest BCUT2D eigenvalue weighted by atomic mass is 10.1. The summed E-state index contributed by atoms with van der Waals surface area (Å²) >= 11 is 0. The first kappa shape index (κ1) is 16.5. The topological polar surface area (TPSA) is 93.0 Å². The van der Waals surface area contributed by atoms with Crippen LogP contribution in [0.15, 0.2) is 24.3 Å². The van der Waals surface area contributed by atoms with Gasteiger partial charge in [0.25, 0.3) is 0 Å². The predicted octanol–water partition coefficient (Wildman–Crippen LogP) is 1.34. The molecule has 1 aromatic heterocycles. The van der Waals surface area contributed by atoms with Gasteiger partial charge < -0.3 is 5.32 Å². The monoisotopic (exact) mass is 362 g/mol. The van der Waals surface area contributed by atoms with Crippen molar-refractivity contribution in [3.8, 4) is 5.69 Å². The van der Waals surface area contributed by atoms with E-state index in [1.807, 2.05) is 31.2 Å². The summed E-state index contributed by atoms with van der Waals surface area (Å²) in [5, 5.41) is 15.1. The second kappa shape index (κ2) is 6.38. The Kier molecular flexibility index (Phi) is 4.20. The number of rotatable bonds is 5. The van der Waals surface area contributed by atoms with Gasteiger partial charge in [-0.3, -0.25) is 0 Å². The van der Waals surface area contributed by atoms with Crippen molar-refractivity contribution in [2.75, 3.05) is 18.4 Å². The zero-order valence-corrected chi connectivity index (χ0v) is 15.0. The number of anilines is 1. The predicted molar refractivity (Wildman–Crippen MR) is 94.1 cm³/mol. The normalized spacial score (nSPS) is 19.9. The smallest absolute Gasteiger partial charge is 0.247 e. The molecule has 25 heavy (non-hydrogen) atoms. The van der Waals surface area contributed by atoms with E-state index in [4.69, 9.17) is 0 Å². The molecule has 2 heterocycles. The molecule has 2 aliphatic rings. The first-order valence-electron chi connectivity index (χ1n) is 8.65. The zero-order chi connectivity index (χ0) is 17.4. The average Bonchev–Trinajstić information content (AvgIpc) is 3.38. The van der Waals surface area contributed by atoms with Gasteiger partial charge in [-0.25, -0.2) is 12.7 Å². The molecular weight excluding hydrogens is 340 g/mol. The van der Waals surface area contributed by atoms with E-state index in [0.717, 1.165) is 31.4 Å². The van der Waals surface area contributed by atoms with Crippen molar-refractivity contribution in [1.29, 1.82) is 0 Å². The molecule has 0 unspecified atom stereocenters. The third-order valence-electron chi connectivity index (χ3n) is 4.84. The number of sulfonamides is 1. The number of piperidine rings is 1. The fraction of sp³-hybridized carbons (Fsp3) is 0.562. The van der Waals surface area contributed by atoms with Crippen molar-refractivity contribution in [2.45, 2.75) is 43.9 Å². The van der Waals surface area contributed by atoms with E-state index in [1.54, 1.807) is 8.99 Å². The summed E-state index contributed by atoms with van der Waals surface area (Å²) < 4.78 is 27.9. The highest BCUT2D eigenvalue weighted by Crippen LogP contribution is 2.32. The van der Waals surface area contributed by atoms with Crippen LogP contribution >= 0.6 is 0 Å². The number of tetrazole rings is 1. The zero-order valence-electron chi connectivity index (χ0n) is 14.2. The molecule has 9 heteroatoms. The van der Waals surface area contributed by atoms with Crippen molar-refractivity contribution >= 4 is 16.0 Å². The van der Waals surface area contributed by atoms with Gasteiger partial charge >= 0.3 is 0 Å². The molecule has 0 bridgehead atoms. The molecular formula is C16H22N6O2S. The molecule has 0 radical (unpaired) electrons. The summed E-state index contributed by atoms with van der Waals surface area (Å²) in [6.45, 7) is 3.15. The molecule has 4 rings (SSSR count). The van der Waals surface area contributed by atoms with Gasteiger partial charge in [-0.2, -0.15) is 4.68 Å². The number of hydrogen-bond acceptors (Lipinski definition) is 6. The van der Waals surface area contributed by atoms with Crippen LogP contribution in [0.4, 0.5) is 5.95 Å². The number of nitrogens with zero attached hydrogens (tertiary/aromatic N) is 5. The standard InChI is InChI=1S/C16H22N6O2S/c1-12-2-4-14(5-3-12)22-16(18-19-20-22)17-13-8-10-21(11-9-13)25(23,24)15-6-7-15/h2-5,13,15H,6-11H2,1H3,(H,17,18,20). The minimum absolute atomic E-state index is 0.133. The number of aryl methyl sites for hydroxylation is 1. The lowest BCUT2D eigenvalue weighted by Gasteiger charge is -2.31. The summed E-state index contributed by atoms with van der Waals surface area (Å²) in [4.78, 5) is 0. The maximum Gasteiger partial charge on any atom is 0.247 e. The van der Waals surface area contributed by atoms with E-state index >= 15 is 0 Å². The van der Waals surface area contributed by atoms with Gasteiger partial charge in [-0.1, -0.05) is 22.8 Å². The van der Waals surface area contributed by atoms with Gasteiger partial charge in [0.15, 0.2) is 0 Å². The molecule has 1 aromatic carbocycles. The van der Waals surface area contributed by atoms with Crippen molar-refractivity contribution in [2.24, 2.45) is 0 Å². The maximum atomic E-state index is 12.3. The van der Waals surface area contributed by atoms with Crippen LogP contribution in [0.5, 0.6) is 0 Å². The van der Waals surface area contributed by atoms with Crippen LogP contribution in [0.25, 0.3) is 5.69 Å². The fourth-order valence-electron chi connectivity index (χ4n) is 3.15. The highest BCUT2D eigenvalue weighted by molar-refractivity contribution is 7.90. The Morgan fingerprint density at radius 3 is 2.40 bits per heavy atom. The summed E-state index contributed by atoms with van der Waals surface area (Å²) in [7, 11) is -3.07. The average molecular weight is 362 g/mol. The summed E-state index contributed by atoms with van der Waals surface area (Å²) in [6, 6.07) is 8.15.